The lowest BCUT2D eigenvalue weighted by molar-refractivity contribution is -0.0623. The summed E-state index contributed by atoms with van der Waals surface area (Å²) in [5, 5.41) is 0. The van der Waals surface area contributed by atoms with Crippen LogP contribution >= 0.6 is 0 Å². The maximum Gasteiger partial charge on any atom is 0.194 e. The summed E-state index contributed by atoms with van der Waals surface area (Å²) in [5.41, 5.74) is 0.0555. The molecule has 0 saturated heterocycles. The fraction of sp³-hybridized carbons (Fsp3) is 0.688. The normalized spacial score (nSPS) is 12.7. The van der Waals surface area contributed by atoms with Gasteiger partial charge in [-0.15, -0.1) is 0 Å². The number of ketones is 1. The van der Waals surface area contributed by atoms with Gasteiger partial charge in [0.05, 0.1) is 5.60 Å². The summed E-state index contributed by atoms with van der Waals surface area (Å²) < 4.78 is 11.4. The second-order valence-corrected chi connectivity index (χ2v) is 6.57. The van der Waals surface area contributed by atoms with E-state index in [1.165, 1.54) is 6.92 Å². The molecule has 0 atom stereocenters. The minimum atomic E-state index is -0.206. The van der Waals surface area contributed by atoms with E-state index < -0.39 is 0 Å². The second-order valence-electron chi connectivity index (χ2n) is 6.57. The van der Waals surface area contributed by atoms with E-state index in [2.05, 4.69) is 34.6 Å². The predicted molar refractivity (Wildman–Crippen MR) is 76.3 cm³/mol. The van der Waals surface area contributed by atoms with E-state index in [-0.39, 0.29) is 16.8 Å². The standard InChI is InChI=1S/C16H26O3/c1-7-15(3,4)11-16(5,6)18-10-13-8-9-14(19-13)12(2)17/h8-9H,7,10-11H2,1-6H3. The van der Waals surface area contributed by atoms with Crippen LogP contribution in [0.4, 0.5) is 0 Å². The number of carbonyl (C=O) groups excluding carboxylic acids is 1. The molecule has 0 spiro atoms. The highest BCUT2D eigenvalue weighted by atomic mass is 16.5. The number of rotatable bonds is 7. The minimum absolute atomic E-state index is 0.0578. The zero-order chi connectivity index (χ0) is 14.7. The Kier molecular flexibility index (Phi) is 4.97. The van der Waals surface area contributed by atoms with Crippen LogP contribution in [0.2, 0.25) is 0 Å². The zero-order valence-corrected chi connectivity index (χ0v) is 13.0. The van der Waals surface area contributed by atoms with Crippen molar-refractivity contribution in [2.75, 3.05) is 0 Å². The molecule has 0 radical (unpaired) electrons. The van der Waals surface area contributed by atoms with Gasteiger partial charge in [0.15, 0.2) is 11.5 Å². The zero-order valence-electron chi connectivity index (χ0n) is 13.0. The molecule has 3 heteroatoms. The maximum atomic E-state index is 11.2. The summed E-state index contributed by atoms with van der Waals surface area (Å²) in [4.78, 5) is 11.2. The molecule has 3 nitrogen and oxygen atoms in total. The lowest BCUT2D eigenvalue weighted by atomic mass is 9.80. The van der Waals surface area contributed by atoms with Crippen LogP contribution in [0.5, 0.6) is 0 Å². The number of furan rings is 1. The molecule has 1 aromatic heterocycles. The molecule has 19 heavy (non-hydrogen) atoms. The number of Topliss-reactive ketones (excluding diaryl/α,β-unsaturated/α-hetero) is 1. The molecule has 0 aliphatic rings. The third-order valence-electron chi connectivity index (χ3n) is 3.48. The Hall–Kier alpha value is -1.09. The number of hydrogen-bond acceptors (Lipinski definition) is 3. The molecule has 108 valence electrons. The Labute approximate surface area is 116 Å². The Morgan fingerprint density at radius 3 is 2.37 bits per heavy atom. The van der Waals surface area contributed by atoms with E-state index in [1.807, 2.05) is 0 Å². The largest absolute Gasteiger partial charge is 0.456 e. The summed E-state index contributed by atoms with van der Waals surface area (Å²) in [7, 11) is 0. The van der Waals surface area contributed by atoms with Crippen molar-refractivity contribution < 1.29 is 13.9 Å². The van der Waals surface area contributed by atoms with Crippen LogP contribution in [0.15, 0.2) is 16.5 Å². The molecule has 0 bridgehead atoms. The van der Waals surface area contributed by atoms with E-state index in [1.54, 1.807) is 12.1 Å². The average Bonchev–Trinajstić information content (AvgIpc) is 2.74. The summed E-state index contributed by atoms with van der Waals surface area (Å²) >= 11 is 0. The van der Waals surface area contributed by atoms with Gasteiger partial charge >= 0.3 is 0 Å². The van der Waals surface area contributed by atoms with Crippen molar-refractivity contribution in [2.24, 2.45) is 5.41 Å². The van der Waals surface area contributed by atoms with Crippen molar-refractivity contribution in [3.05, 3.63) is 23.7 Å². The molecule has 0 aromatic carbocycles. The van der Waals surface area contributed by atoms with E-state index in [4.69, 9.17) is 9.15 Å². The molecular formula is C16H26O3. The van der Waals surface area contributed by atoms with Crippen molar-refractivity contribution in [3.63, 3.8) is 0 Å². The topological polar surface area (TPSA) is 39.4 Å². The molecule has 1 aromatic rings. The van der Waals surface area contributed by atoms with Crippen molar-refractivity contribution in [1.82, 2.24) is 0 Å². The molecule has 1 rings (SSSR count). The monoisotopic (exact) mass is 266 g/mol. The highest BCUT2D eigenvalue weighted by Crippen LogP contribution is 2.33. The predicted octanol–water partition coefficient (Wildman–Crippen LogP) is 4.60. The van der Waals surface area contributed by atoms with Gasteiger partial charge in [-0.3, -0.25) is 4.79 Å². The molecule has 0 unspecified atom stereocenters. The SMILES string of the molecule is CCC(C)(C)CC(C)(C)OCc1ccc(C(C)=O)o1. The first-order chi connectivity index (χ1) is 8.65. The molecule has 0 aliphatic heterocycles. The Balaban J connectivity index is 2.57. The van der Waals surface area contributed by atoms with Gasteiger partial charge in [0.25, 0.3) is 0 Å². The van der Waals surface area contributed by atoms with Crippen molar-refractivity contribution >= 4 is 5.78 Å². The molecular weight excluding hydrogens is 240 g/mol. The minimum Gasteiger partial charge on any atom is -0.456 e. The van der Waals surface area contributed by atoms with Crippen molar-refractivity contribution in [1.29, 1.82) is 0 Å². The van der Waals surface area contributed by atoms with Crippen LogP contribution in [0, 0.1) is 5.41 Å². The Morgan fingerprint density at radius 2 is 1.89 bits per heavy atom. The van der Waals surface area contributed by atoms with Gasteiger partial charge in [-0.25, -0.2) is 0 Å². The van der Waals surface area contributed by atoms with E-state index in [0.717, 1.165) is 12.8 Å². The summed E-state index contributed by atoms with van der Waals surface area (Å²) in [6, 6.07) is 3.50. The lowest BCUT2D eigenvalue weighted by Gasteiger charge is -2.34. The Bertz CT molecular complexity index is 427. The van der Waals surface area contributed by atoms with E-state index in [0.29, 0.717) is 18.1 Å². The molecule has 0 aliphatic carbocycles. The summed E-state index contributed by atoms with van der Waals surface area (Å²) in [5.74, 6) is 1.04. The second kappa shape index (κ2) is 5.91. The van der Waals surface area contributed by atoms with Crippen LogP contribution < -0.4 is 0 Å². The van der Waals surface area contributed by atoms with Crippen LogP contribution in [0.3, 0.4) is 0 Å². The molecule has 0 N–H and O–H groups in total. The van der Waals surface area contributed by atoms with Gasteiger partial charge in [-0.05, 0) is 37.8 Å². The molecule has 0 saturated carbocycles. The first-order valence-corrected chi connectivity index (χ1v) is 6.89. The first kappa shape index (κ1) is 16.0. The maximum absolute atomic E-state index is 11.2. The molecule has 0 fully saturated rings. The van der Waals surface area contributed by atoms with E-state index >= 15 is 0 Å². The molecule has 1 heterocycles. The van der Waals surface area contributed by atoms with Crippen molar-refractivity contribution in [3.8, 4) is 0 Å². The molecule has 0 amide bonds. The summed E-state index contributed by atoms with van der Waals surface area (Å²) in [6.07, 6.45) is 2.10. The fourth-order valence-corrected chi connectivity index (χ4v) is 2.24. The van der Waals surface area contributed by atoms with Crippen LogP contribution in [-0.4, -0.2) is 11.4 Å². The van der Waals surface area contributed by atoms with Gasteiger partial charge in [-0.2, -0.15) is 0 Å². The van der Waals surface area contributed by atoms with Gasteiger partial charge in [0, 0.05) is 6.92 Å². The van der Waals surface area contributed by atoms with Gasteiger partial charge < -0.3 is 9.15 Å². The number of ether oxygens (including phenoxy) is 1. The van der Waals surface area contributed by atoms with Crippen LogP contribution in [0.1, 0.15) is 70.7 Å². The third-order valence-corrected chi connectivity index (χ3v) is 3.48. The average molecular weight is 266 g/mol. The Morgan fingerprint density at radius 1 is 1.26 bits per heavy atom. The smallest absolute Gasteiger partial charge is 0.194 e. The quantitative estimate of drug-likeness (QED) is 0.677. The van der Waals surface area contributed by atoms with Gasteiger partial charge in [0.2, 0.25) is 0 Å². The number of hydrogen-bond donors (Lipinski definition) is 0. The first-order valence-electron chi connectivity index (χ1n) is 6.89. The van der Waals surface area contributed by atoms with Gasteiger partial charge in [-0.1, -0.05) is 27.2 Å². The lowest BCUT2D eigenvalue weighted by Crippen LogP contribution is -2.31. The number of carbonyl (C=O) groups is 1. The highest BCUT2D eigenvalue weighted by molar-refractivity contribution is 5.91. The van der Waals surface area contributed by atoms with Crippen LogP contribution in [-0.2, 0) is 11.3 Å². The van der Waals surface area contributed by atoms with E-state index in [9.17, 15) is 4.79 Å². The third kappa shape index (κ3) is 5.19. The fourth-order valence-electron chi connectivity index (χ4n) is 2.24. The summed E-state index contributed by atoms with van der Waals surface area (Å²) in [6.45, 7) is 12.8. The van der Waals surface area contributed by atoms with Gasteiger partial charge in [0.1, 0.15) is 12.4 Å². The van der Waals surface area contributed by atoms with Crippen molar-refractivity contribution in [2.45, 2.75) is 66.6 Å². The highest BCUT2D eigenvalue weighted by Gasteiger charge is 2.28. The van der Waals surface area contributed by atoms with Crippen LogP contribution in [0.25, 0.3) is 0 Å².